The zero-order valence-corrected chi connectivity index (χ0v) is 15.5. The second kappa shape index (κ2) is 7.52. The van der Waals surface area contributed by atoms with E-state index in [4.69, 9.17) is 4.74 Å². The molecule has 3 aromatic carbocycles. The van der Waals surface area contributed by atoms with Gasteiger partial charge in [-0.15, -0.1) is 0 Å². The molecule has 3 rings (SSSR count). The third-order valence-corrected chi connectivity index (χ3v) is 4.56. The highest BCUT2D eigenvalue weighted by molar-refractivity contribution is 14.1. The number of ether oxygens (including phenoxy) is 1. The summed E-state index contributed by atoms with van der Waals surface area (Å²) in [6.45, 7) is 0. The van der Waals surface area contributed by atoms with Crippen molar-refractivity contribution in [3.63, 3.8) is 0 Å². The number of hydrogen-bond donors (Lipinski definition) is 2. The van der Waals surface area contributed by atoms with E-state index < -0.39 is 0 Å². The lowest BCUT2D eigenvalue weighted by Crippen LogP contribution is -2.17. The van der Waals surface area contributed by atoms with E-state index in [-0.39, 0.29) is 11.7 Å². The first kappa shape index (κ1) is 17.2. The predicted molar refractivity (Wildman–Crippen MR) is 106 cm³/mol. The number of phenols is 1. The SMILES string of the molecule is COc1ccc(C(=O)NN=Cc2c(O)ccc3ccccc23)cc1I. The maximum atomic E-state index is 12.2. The quantitative estimate of drug-likeness (QED) is 0.363. The van der Waals surface area contributed by atoms with Crippen LogP contribution in [-0.4, -0.2) is 24.3 Å². The molecule has 3 aromatic rings. The predicted octanol–water partition coefficient (Wildman–Crippen LogP) is 3.92. The first-order valence-corrected chi connectivity index (χ1v) is 8.55. The normalized spacial score (nSPS) is 11.0. The number of benzene rings is 3. The van der Waals surface area contributed by atoms with Crippen LogP contribution in [-0.2, 0) is 0 Å². The summed E-state index contributed by atoms with van der Waals surface area (Å²) in [5, 5.41) is 15.9. The van der Waals surface area contributed by atoms with Gasteiger partial charge in [0, 0.05) is 11.1 Å². The van der Waals surface area contributed by atoms with Crippen molar-refractivity contribution in [2.45, 2.75) is 0 Å². The molecule has 0 aromatic heterocycles. The van der Waals surface area contributed by atoms with Gasteiger partial charge in [0.25, 0.3) is 5.91 Å². The number of carbonyl (C=O) groups excluding carboxylic acids is 1. The Kier molecular flexibility index (Phi) is 5.18. The molecule has 0 fully saturated rings. The minimum Gasteiger partial charge on any atom is -0.507 e. The van der Waals surface area contributed by atoms with Crippen LogP contribution in [0.2, 0.25) is 0 Å². The highest BCUT2D eigenvalue weighted by Crippen LogP contribution is 2.25. The minimum atomic E-state index is -0.337. The van der Waals surface area contributed by atoms with Crippen LogP contribution < -0.4 is 10.2 Å². The van der Waals surface area contributed by atoms with E-state index in [1.807, 2.05) is 30.3 Å². The molecule has 25 heavy (non-hydrogen) atoms. The molecule has 2 N–H and O–H groups in total. The summed E-state index contributed by atoms with van der Waals surface area (Å²) in [5.74, 6) is 0.480. The Hall–Kier alpha value is -2.61. The van der Waals surface area contributed by atoms with Crippen LogP contribution >= 0.6 is 22.6 Å². The highest BCUT2D eigenvalue weighted by atomic mass is 127. The van der Waals surface area contributed by atoms with Crippen LogP contribution in [0.15, 0.2) is 59.7 Å². The standard InChI is InChI=1S/C19H15IN2O3/c1-25-18-9-7-13(10-16(18)20)19(24)22-21-11-15-14-5-3-2-4-12(14)6-8-17(15)23/h2-11,23H,1H3,(H,22,24). The van der Waals surface area contributed by atoms with E-state index in [2.05, 4.69) is 33.1 Å². The van der Waals surface area contributed by atoms with Gasteiger partial charge in [-0.2, -0.15) is 5.10 Å². The van der Waals surface area contributed by atoms with Crippen LogP contribution in [0.1, 0.15) is 15.9 Å². The number of rotatable bonds is 4. The van der Waals surface area contributed by atoms with Crippen molar-refractivity contribution in [2.75, 3.05) is 7.11 Å². The molecule has 6 heteroatoms. The molecule has 0 spiro atoms. The van der Waals surface area contributed by atoms with Crippen molar-refractivity contribution in [2.24, 2.45) is 5.10 Å². The Morgan fingerprint density at radius 3 is 2.76 bits per heavy atom. The molecule has 0 radical (unpaired) electrons. The van der Waals surface area contributed by atoms with E-state index >= 15 is 0 Å². The molecule has 0 unspecified atom stereocenters. The zero-order chi connectivity index (χ0) is 17.8. The van der Waals surface area contributed by atoms with Crippen molar-refractivity contribution in [1.82, 2.24) is 5.43 Å². The molecular weight excluding hydrogens is 431 g/mol. The highest BCUT2D eigenvalue weighted by Gasteiger charge is 2.08. The van der Waals surface area contributed by atoms with Crippen molar-refractivity contribution < 1.29 is 14.6 Å². The number of carbonyl (C=O) groups is 1. The lowest BCUT2D eigenvalue weighted by molar-refractivity contribution is 0.0955. The molecule has 1 amide bonds. The molecule has 0 aliphatic carbocycles. The van der Waals surface area contributed by atoms with Gasteiger partial charge < -0.3 is 9.84 Å². The van der Waals surface area contributed by atoms with Crippen molar-refractivity contribution in [3.05, 3.63) is 69.3 Å². The van der Waals surface area contributed by atoms with E-state index in [1.165, 1.54) is 6.21 Å². The number of aromatic hydroxyl groups is 1. The van der Waals surface area contributed by atoms with Crippen LogP contribution in [0.4, 0.5) is 0 Å². The molecular formula is C19H15IN2O3. The van der Waals surface area contributed by atoms with Gasteiger partial charge in [0.15, 0.2) is 0 Å². The van der Waals surface area contributed by atoms with Gasteiger partial charge in [-0.05, 0) is 57.6 Å². The molecule has 0 aliphatic rings. The third kappa shape index (κ3) is 3.74. The van der Waals surface area contributed by atoms with E-state index in [0.29, 0.717) is 16.9 Å². The summed E-state index contributed by atoms with van der Waals surface area (Å²) in [5.41, 5.74) is 3.51. The molecule has 5 nitrogen and oxygen atoms in total. The molecule has 0 atom stereocenters. The van der Waals surface area contributed by atoms with Gasteiger partial charge >= 0.3 is 0 Å². The molecule has 0 saturated heterocycles. The third-order valence-electron chi connectivity index (χ3n) is 3.72. The Balaban J connectivity index is 1.81. The Morgan fingerprint density at radius 1 is 1.20 bits per heavy atom. The smallest absolute Gasteiger partial charge is 0.271 e. The van der Waals surface area contributed by atoms with Crippen molar-refractivity contribution >= 4 is 45.5 Å². The molecule has 0 bridgehead atoms. The van der Waals surface area contributed by atoms with Crippen LogP contribution in [0, 0.1) is 3.57 Å². The maximum Gasteiger partial charge on any atom is 0.271 e. The first-order valence-electron chi connectivity index (χ1n) is 7.48. The van der Waals surface area contributed by atoms with Crippen molar-refractivity contribution in [3.8, 4) is 11.5 Å². The van der Waals surface area contributed by atoms with Crippen LogP contribution in [0.25, 0.3) is 10.8 Å². The van der Waals surface area contributed by atoms with Crippen LogP contribution in [0.5, 0.6) is 11.5 Å². The topological polar surface area (TPSA) is 70.9 Å². The summed E-state index contributed by atoms with van der Waals surface area (Å²) in [6.07, 6.45) is 1.45. The zero-order valence-electron chi connectivity index (χ0n) is 13.4. The molecule has 126 valence electrons. The fourth-order valence-electron chi connectivity index (χ4n) is 2.45. The number of hydrazone groups is 1. The second-order valence-corrected chi connectivity index (χ2v) is 6.43. The van der Waals surface area contributed by atoms with Gasteiger partial charge in [0.2, 0.25) is 0 Å². The van der Waals surface area contributed by atoms with Crippen molar-refractivity contribution in [1.29, 1.82) is 0 Å². The summed E-state index contributed by atoms with van der Waals surface area (Å²) in [7, 11) is 1.58. The Labute approximate surface area is 158 Å². The number of methoxy groups -OCH3 is 1. The monoisotopic (exact) mass is 446 g/mol. The number of nitrogens with zero attached hydrogens (tertiary/aromatic N) is 1. The van der Waals surface area contributed by atoms with E-state index in [9.17, 15) is 9.90 Å². The number of hydrogen-bond acceptors (Lipinski definition) is 4. The summed E-state index contributed by atoms with van der Waals surface area (Å²) < 4.78 is 6.01. The number of nitrogens with one attached hydrogen (secondary N) is 1. The molecule has 0 saturated carbocycles. The average molecular weight is 446 g/mol. The lowest BCUT2D eigenvalue weighted by atomic mass is 10.0. The maximum absolute atomic E-state index is 12.2. The van der Waals surface area contributed by atoms with Gasteiger partial charge in [-0.3, -0.25) is 4.79 Å². The van der Waals surface area contributed by atoms with Gasteiger partial charge in [0.05, 0.1) is 16.9 Å². The van der Waals surface area contributed by atoms with Gasteiger partial charge in [-0.1, -0.05) is 30.3 Å². The summed E-state index contributed by atoms with van der Waals surface area (Å²) in [6, 6.07) is 16.2. The van der Waals surface area contributed by atoms with E-state index in [1.54, 1.807) is 31.4 Å². The lowest BCUT2D eigenvalue weighted by Gasteiger charge is -2.06. The second-order valence-electron chi connectivity index (χ2n) is 5.27. The Bertz CT molecular complexity index is 970. The summed E-state index contributed by atoms with van der Waals surface area (Å²) >= 11 is 2.10. The summed E-state index contributed by atoms with van der Waals surface area (Å²) in [4.78, 5) is 12.2. The fourth-order valence-corrected chi connectivity index (χ4v) is 3.18. The molecule has 0 heterocycles. The minimum absolute atomic E-state index is 0.107. The van der Waals surface area contributed by atoms with E-state index in [0.717, 1.165) is 14.3 Å². The van der Waals surface area contributed by atoms with Crippen LogP contribution in [0.3, 0.4) is 0 Å². The number of halogens is 1. The average Bonchev–Trinajstić information content (AvgIpc) is 2.63. The van der Waals surface area contributed by atoms with Gasteiger partial charge in [0.1, 0.15) is 11.5 Å². The fraction of sp³-hybridized carbons (Fsp3) is 0.0526. The Morgan fingerprint density at radius 2 is 2.00 bits per heavy atom. The number of fused-ring (bicyclic) bond motifs is 1. The van der Waals surface area contributed by atoms with Gasteiger partial charge in [-0.25, -0.2) is 5.43 Å². The largest absolute Gasteiger partial charge is 0.507 e. The molecule has 0 aliphatic heterocycles. The number of amides is 1. The number of phenolic OH excluding ortho intramolecular Hbond substituents is 1. The first-order chi connectivity index (χ1) is 12.1.